The first kappa shape index (κ1) is 16.2. The molecule has 0 fully saturated rings. The molecule has 2 rings (SSSR count). The van der Waals surface area contributed by atoms with Gasteiger partial charge in [0, 0.05) is 5.92 Å². The van der Waals surface area contributed by atoms with Crippen LogP contribution in [0, 0.1) is 5.92 Å². The Labute approximate surface area is 133 Å². The van der Waals surface area contributed by atoms with Crippen LogP contribution in [0.5, 0.6) is 0 Å². The van der Waals surface area contributed by atoms with E-state index in [-0.39, 0.29) is 5.92 Å². The van der Waals surface area contributed by atoms with Gasteiger partial charge in [-0.15, -0.1) is 0 Å². The fourth-order valence-corrected chi connectivity index (χ4v) is 5.18. The second-order valence-corrected chi connectivity index (χ2v) is 11.8. The van der Waals surface area contributed by atoms with Crippen molar-refractivity contribution in [3.63, 3.8) is 0 Å². The van der Waals surface area contributed by atoms with Crippen molar-refractivity contribution in [3.8, 4) is 0 Å². The lowest BCUT2D eigenvalue weighted by Crippen LogP contribution is -2.40. The predicted molar refractivity (Wildman–Crippen MR) is 95.9 cm³/mol. The molecule has 0 bridgehead atoms. The molecule has 1 aromatic heterocycles. The number of thiophene rings is 1. The molecule has 1 N–H and O–H groups in total. The third-order valence-electron chi connectivity index (χ3n) is 4.01. The van der Waals surface area contributed by atoms with Crippen molar-refractivity contribution in [2.24, 2.45) is 5.92 Å². The van der Waals surface area contributed by atoms with Gasteiger partial charge in [0.25, 0.3) is 0 Å². The molecule has 21 heavy (non-hydrogen) atoms. The molecule has 0 saturated heterocycles. The number of aliphatic hydroxyl groups excluding tert-OH is 1. The van der Waals surface area contributed by atoms with Gasteiger partial charge in [-0.25, -0.2) is 0 Å². The van der Waals surface area contributed by atoms with Crippen LogP contribution >= 0.6 is 11.3 Å². The van der Waals surface area contributed by atoms with Gasteiger partial charge >= 0.3 is 0 Å². The molecule has 3 heteroatoms. The van der Waals surface area contributed by atoms with Gasteiger partial charge in [0.05, 0.1) is 14.2 Å². The van der Waals surface area contributed by atoms with Crippen molar-refractivity contribution in [3.05, 3.63) is 64.9 Å². The van der Waals surface area contributed by atoms with Crippen LogP contribution < -0.4 is 5.19 Å². The van der Waals surface area contributed by atoms with Crippen molar-refractivity contribution in [2.45, 2.75) is 32.2 Å². The second-order valence-electron chi connectivity index (χ2n) is 6.24. The molecule has 2 atom stereocenters. The highest BCUT2D eigenvalue weighted by Crippen LogP contribution is 2.25. The highest BCUT2D eigenvalue weighted by Gasteiger charge is 2.21. The Morgan fingerprint density at radius 3 is 2.52 bits per heavy atom. The summed E-state index contributed by atoms with van der Waals surface area (Å²) in [6, 6.07) is 13.9. The third kappa shape index (κ3) is 4.40. The van der Waals surface area contributed by atoms with Gasteiger partial charge in [-0.1, -0.05) is 67.7 Å². The first-order valence-corrected chi connectivity index (χ1v) is 11.6. The monoisotopic (exact) mass is 316 g/mol. The van der Waals surface area contributed by atoms with E-state index in [1.54, 1.807) is 11.3 Å². The van der Waals surface area contributed by atoms with Gasteiger partial charge in [-0.3, -0.25) is 0 Å². The zero-order valence-corrected chi connectivity index (χ0v) is 14.8. The van der Waals surface area contributed by atoms with Crippen LogP contribution in [0.2, 0.25) is 19.1 Å². The van der Waals surface area contributed by atoms with Gasteiger partial charge < -0.3 is 5.11 Å². The molecule has 0 radical (unpaired) electrons. The Bertz CT molecular complexity index is 560. The van der Waals surface area contributed by atoms with E-state index in [9.17, 15) is 5.11 Å². The quantitative estimate of drug-likeness (QED) is 0.610. The lowest BCUT2D eigenvalue weighted by atomic mass is 9.99. The summed E-state index contributed by atoms with van der Waals surface area (Å²) in [6.45, 7) is 6.87. The number of aliphatic hydroxyl groups is 1. The molecule has 2 unspecified atom stereocenters. The molecule has 0 saturated carbocycles. The number of benzene rings is 1. The smallest absolute Gasteiger partial charge is 0.0857 e. The average molecular weight is 317 g/mol. The summed E-state index contributed by atoms with van der Waals surface area (Å²) in [5, 5.41) is 15.8. The minimum atomic E-state index is -1.41. The molecule has 0 amide bonds. The predicted octanol–water partition coefficient (Wildman–Crippen LogP) is 4.59. The summed E-state index contributed by atoms with van der Waals surface area (Å²) in [5.41, 5.74) is 1.02. The minimum Gasteiger partial charge on any atom is -0.388 e. The second kappa shape index (κ2) is 7.21. The van der Waals surface area contributed by atoms with Crippen molar-refractivity contribution in [1.29, 1.82) is 0 Å². The van der Waals surface area contributed by atoms with Gasteiger partial charge in [0.15, 0.2) is 0 Å². The first-order valence-electron chi connectivity index (χ1n) is 7.43. The average Bonchev–Trinajstić information content (AvgIpc) is 3.01. The molecule has 0 aliphatic heterocycles. The van der Waals surface area contributed by atoms with Crippen molar-refractivity contribution >= 4 is 24.6 Å². The Hall–Kier alpha value is -1.16. The Kier molecular flexibility index (Phi) is 5.56. The van der Waals surface area contributed by atoms with E-state index in [0.717, 1.165) is 11.6 Å². The van der Waals surface area contributed by atoms with E-state index >= 15 is 0 Å². The standard InChI is InChI=1S/C18H24OSSi/c1-15(18(19)16-11-12-20-14-16)8-7-13-21(2,3)17-9-5-4-6-10-17/h4-12,14-15,18-19H,13H2,1-3H3/b8-7+. The van der Waals surface area contributed by atoms with E-state index < -0.39 is 14.2 Å². The summed E-state index contributed by atoms with van der Waals surface area (Å²) in [6.07, 6.45) is 4.04. The summed E-state index contributed by atoms with van der Waals surface area (Å²) < 4.78 is 0. The number of hydrogen-bond acceptors (Lipinski definition) is 2. The molecule has 1 nitrogen and oxygen atoms in total. The van der Waals surface area contributed by atoms with Crippen molar-refractivity contribution < 1.29 is 5.11 Å². The molecule has 112 valence electrons. The molecule has 2 aromatic rings. The number of allylic oxidation sites excluding steroid dienone is 1. The largest absolute Gasteiger partial charge is 0.388 e. The number of hydrogen-bond donors (Lipinski definition) is 1. The van der Waals surface area contributed by atoms with E-state index in [1.165, 1.54) is 5.19 Å². The summed E-state index contributed by atoms with van der Waals surface area (Å²) in [5.74, 6) is 0.153. The fourth-order valence-electron chi connectivity index (χ4n) is 2.44. The molecular weight excluding hydrogens is 292 g/mol. The van der Waals surface area contributed by atoms with Crippen LogP contribution in [-0.4, -0.2) is 13.2 Å². The zero-order valence-electron chi connectivity index (χ0n) is 13.0. The fraction of sp³-hybridized carbons (Fsp3) is 0.333. The van der Waals surface area contributed by atoms with Crippen LogP contribution in [0.1, 0.15) is 18.6 Å². The highest BCUT2D eigenvalue weighted by molar-refractivity contribution is 7.08. The van der Waals surface area contributed by atoms with Gasteiger partial charge in [-0.2, -0.15) is 11.3 Å². The summed E-state index contributed by atoms with van der Waals surface area (Å²) >= 11 is 1.63. The topological polar surface area (TPSA) is 20.2 Å². The number of rotatable bonds is 6. The van der Waals surface area contributed by atoms with Crippen LogP contribution in [0.15, 0.2) is 59.3 Å². The van der Waals surface area contributed by atoms with E-state index in [4.69, 9.17) is 0 Å². The highest BCUT2D eigenvalue weighted by atomic mass is 32.1. The van der Waals surface area contributed by atoms with Gasteiger partial charge in [-0.05, 0) is 28.4 Å². The Morgan fingerprint density at radius 2 is 1.90 bits per heavy atom. The van der Waals surface area contributed by atoms with E-state index in [0.29, 0.717) is 0 Å². The molecule has 1 aromatic carbocycles. The molecule has 0 aliphatic rings. The molecule has 1 heterocycles. The maximum Gasteiger partial charge on any atom is 0.0857 e. The Morgan fingerprint density at radius 1 is 1.19 bits per heavy atom. The van der Waals surface area contributed by atoms with E-state index in [1.807, 2.05) is 16.8 Å². The van der Waals surface area contributed by atoms with Gasteiger partial charge in [0.1, 0.15) is 0 Å². The maximum absolute atomic E-state index is 10.3. The van der Waals surface area contributed by atoms with Crippen LogP contribution in [0.4, 0.5) is 0 Å². The van der Waals surface area contributed by atoms with Crippen LogP contribution in [0.3, 0.4) is 0 Å². The Balaban J connectivity index is 1.95. The minimum absolute atomic E-state index is 0.153. The summed E-state index contributed by atoms with van der Waals surface area (Å²) in [4.78, 5) is 0. The molecular formula is C18H24OSSi. The maximum atomic E-state index is 10.3. The lowest BCUT2D eigenvalue weighted by Gasteiger charge is -2.21. The van der Waals surface area contributed by atoms with Crippen LogP contribution in [-0.2, 0) is 0 Å². The van der Waals surface area contributed by atoms with E-state index in [2.05, 4.69) is 62.5 Å². The lowest BCUT2D eigenvalue weighted by molar-refractivity contribution is 0.140. The van der Waals surface area contributed by atoms with Crippen LogP contribution in [0.25, 0.3) is 0 Å². The third-order valence-corrected chi connectivity index (χ3v) is 7.86. The SMILES string of the molecule is CC(/C=C/C[Si](C)(C)c1ccccc1)C(O)c1ccsc1. The van der Waals surface area contributed by atoms with Gasteiger partial charge in [0.2, 0.25) is 0 Å². The first-order chi connectivity index (χ1) is 10.0. The van der Waals surface area contributed by atoms with Crippen molar-refractivity contribution in [1.82, 2.24) is 0 Å². The normalized spacial score (nSPS) is 15.2. The molecule has 0 spiro atoms. The zero-order chi connectivity index (χ0) is 15.3. The molecule has 0 aliphatic carbocycles. The summed E-state index contributed by atoms with van der Waals surface area (Å²) in [7, 11) is -1.41. The van der Waals surface area contributed by atoms with Crippen molar-refractivity contribution in [2.75, 3.05) is 0 Å².